The number of hydrogen-bond acceptors (Lipinski definition) is 2. The Morgan fingerprint density at radius 3 is 2.33 bits per heavy atom. The molecule has 1 aromatic carbocycles. The van der Waals surface area contributed by atoms with Crippen molar-refractivity contribution in [1.82, 2.24) is 5.32 Å². The molecule has 2 unspecified atom stereocenters. The average Bonchev–Trinajstić information content (AvgIpc) is 2.34. The minimum absolute atomic E-state index is 0.552. The summed E-state index contributed by atoms with van der Waals surface area (Å²) in [7, 11) is 1.72. The average molecular weight is 249 g/mol. The molecule has 0 saturated heterocycles. The molecule has 0 heterocycles. The summed E-state index contributed by atoms with van der Waals surface area (Å²) in [6, 6.07) is 6.93. The van der Waals surface area contributed by atoms with Crippen LogP contribution in [0.25, 0.3) is 0 Å². The quantitative estimate of drug-likeness (QED) is 0.829. The van der Waals surface area contributed by atoms with E-state index in [4.69, 9.17) is 4.74 Å². The molecular weight excluding hydrogens is 222 g/mol. The Labute approximate surface area is 112 Å². The van der Waals surface area contributed by atoms with Crippen LogP contribution in [-0.4, -0.2) is 19.7 Å². The molecule has 1 rings (SSSR count). The van der Waals surface area contributed by atoms with Crippen molar-refractivity contribution in [2.75, 3.05) is 13.7 Å². The molecule has 0 aromatic heterocycles. The molecule has 102 valence electrons. The fourth-order valence-electron chi connectivity index (χ4n) is 2.19. The Morgan fingerprint density at radius 1 is 1.17 bits per heavy atom. The van der Waals surface area contributed by atoms with Crippen molar-refractivity contribution in [3.63, 3.8) is 0 Å². The number of rotatable bonds is 6. The Kier molecular flexibility index (Phi) is 5.67. The summed E-state index contributed by atoms with van der Waals surface area (Å²) in [5, 5.41) is 3.51. The van der Waals surface area contributed by atoms with Gasteiger partial charge >= 0.3 is 0 Å². The van der Waals surface area contributed by atoms with E-state index < -0.39 is 0 Å². The molecule has 0 radical (unpaired) electrons. The van der Waals surface area contributed by atoms with Gasteiger partial charge in [-0.15, -0.1) is 0 Å². The summed E-state index contributed by atoms with van der Waals surface area (Å²) in [5.74, 6) is 2.12. The lowest BCUT2D eigenvalue weighted by molar-refractivity contribution is 0.411. The van der Waals surface area contributed by atoms with Crippen molar-refractivity contribution >= 4 is 0 Å². The topological polar surface area (TPSA) is 21.3 Å². The molecule has 0 aliphatic heterocycles. The maximum Gasteiger partial charge on any atom is 0.119 e. The van der Waals surface area contributed by atoms with Crippen LogP contribution in [0.2, 0.25) is 0 Å². The van der Waals surface area contributed by atoms with E-state index in [-0.39, 0.29) is 0 Å². The Balaban J connectivity index is 2.73. The molecule has 0 amide bonds. The number of ether oxygens (including phenoxy) is 1. The Morgan fingerprint density at radius 2 is 1.83 bits per heavy atom. The van der Waals surface area contributed by atoms with Crippen molar-refractivity contribution in [3.8, 4) is 5.75 Å². The third-order valence-corrected chi connectivity index (χ3v) is 3.67. The largest absolute Gasteiger partial charge is 0.497 e. The summed E-state index contributed by atoms with van der Waals surface area (Å²) in [5.41, 5.74) is 2.74. The van der Waals surface area contributed by atoms with E-state index in [1.54, 1.807) is 7.11 Å². The number of hydrogen-bond donors (Lipinski definition) is 1. The summed E-state index contributed by atoms with van der Waals surface area (Å²) in [6.07, 6.45) is 0. The zero-order valence-electron chi connectivity index (χ0n) is 12.6. The van der Waals surface area contributed by atoms with Crippen LogP contribution < -0.4 is 10.1 Å². The first-order valence-corrected chi connectivity index (χ1v) is 6.83. The second-order valence-corrected chi connectivity index (χ2v) is 5.55. The lowest BCUT2D eigenvalue weighted by Gasteiger charge is -2.23. The summed E-state index contributed by atoms with van der Waals surface area (Å²) < 4.78 is 5.26. The molecular formula is C16H27NO. The van der Waals surface area contributed by atoms with E-state index >= 15 is 0 Å². The van der Waals surface area contributed by atoms with E-state index in [9.17, 15) is 0 Å². The Hall–Kier alpha value is -1.02. The number of nitrogens with one attached hydrogen (secondary N) is 1. The van der Waals surface area contributed by atoms with Crippen LogP contribution in [0.5, 0.6) is 5.75 Å². The van der Waals surface area contributed by atoms with Gasteiger partial charge in [0, 0.05) is 6.04 Å². The molecule has 0 saturated carbocycles. The van der Waals surface area contributed by atoms with Crippen LogP contribution in [0.4, 0.5) is 0 Å². The normalized spacial score (nSPS) is 14.6. The van der Waals surface area contributed by atoms with Crippen molar-refractivity contribution in [2.24, 2.45) is 5.92 Å². The van der Waals surface area contributed by atoms with Gasteiger partial charge in [-0.05, 0) is 48.6 Å². The molecule has 0 fully saturated rings. The molecule has 0 aliphatic rings. The van der Waals surface area contributed by atoms with Gasteiger partial charge in [-0.1, -0.05) is 33.8 Å². The third kappa shape index (κ3) is 4.02. The van der Waals surface area contributed by atoms with Crippen LogP contribution in [0.3, 0.4) is 0 Å². The monoisotopic (exact) mass is 249 g/mol. The molecule has 0 bridgehead atoms. The molecule has 0 aliphatic carbocycles. The highest BCUT2D eigenvalue weighted by Crippen LogP contribution is 2.28. The highest BCUT2D eigenvalue weighted by molar-refractivity contribution is 5.36. The van der Waals surface area contributed by atoms with Gasteiger partial charge in [0.25, 0.3) is 0 Å². The zero-order chi connectivity index (χ0) is 13.7. The first-order chi connectivity index (χ1) is 8.45. The summed E-state index contributed by atoms with van der Waals surface area (Å²) in [6.45, 7) is 12.2. The second-order valence-electron chi connectivity index (χ2n) is 5.55. The lowest BCUT2D eigenvalue weighted by Crippen LogP contribution is -2.30. The van der Waals surface area contributed by atoms with Gasteiger partial charge in [0.05, 0.1) is 7.11 Å². The predicted molar refractivity (Wildman–Crippen MR) is 78.4 cm³/mol. The third-order valence-electron chi connectivity index (χ3n) is 3.67. The van der Waals surface area contributed by atoms with E-state index in [1.807, 2.05) is 0 Å². The van der Waals surface area contributed by atoms with Crippen molar-refractivity contribution in [3.05, 3.63) is 29.3 Å². The van der Waals surface area contributed by atoms with Gasteiger partial charge in [-0.3, -0.25) is 0 Å². The predicted octanol–water partition coefficient (Wildman–Crippen LogP) is 3.74. The fraction of sp³-hybridized carbons (Fsp3) is 0.625. The fourth-order valence-corrected chi connectivity index (χ4v) is 2.19. The molecule has 2 atom stereocenters. The van der Waals surface area contributed by atoms with Crippen LogP contribution in [0.1, 0.15) is 44.7 Å². The van der Waals surface area contributed by atoms with Gasteiger partial charge < -0.3 is 10.1 Å². The summed E-state index contributed by atoms with van der Waals surface area (Å²) in [4.78, 5) is 0. The second kappa shape index (κ2) is 6.79. The Bertz CT molecular complexity index is 373. The highest BCUT2D eigenvalue weighted by atomic mass is 16.5. The molecule has 1 aromatic rings. The van der Waals surface area contributed by atoms with Gasteiger partial charge in [0.2, 0.25) is 0 Å². The summed E-state index contributed by atoms with van der Waals surface area (Å²) >= 11 is 0. The number of methoxy groups -OCH3 is 1. The van der Waals surface area contributed by atoms with Gasteiger partial charge in [-0.25, -0.2) is 0 Å². The van der Waals surface area contributed by atoms with Crippen molar-refractivity contribution in [1.29, 1.82) is 0 Å². The van der Waals surface area contributed by atoms with Gasteiger partial charge in [0.15, 0.2) is 0 Å². The van der Waals surface area contributed by atoms with Crippen LogP contribution in [0, 0.1) is 12.8 Å². The van der Waals surface area contributed by atoms with Crippen LogP contribution >= 0.6 is 0 Å². The van der Waals surface area contributed by atoms with Gasteiger partial charge in [0.1, 0.15) is 5.75 Å². The standard InChI is InChI=1S/C16H27NO/c1-11(2)17-10-13(4)14(5)16-8-7-15(18-6)9-12(16)3/h7-9,11,13-14,17H,10H2,1-6H3. The van der Waals surface area contributed by atoms with E-state index in [0.29, 0.717) is 17.9 Å². The minimum Gasteiger partial charge on any atom is -0.497 e. The van der Waals surface area contributed by atoms with E-state index in [1.165, 1.54) is 11.1 Å². The smallest absolute Gasteiger partial charge is 0.119 e. The van der Waals surface area contributed by atoms with Crippen LogP contribution in [-0.2, 0) is 0 Å². The maximum atomic E-state index is 5.26. The molecule has 18 heavy (non-hydrogen) atoms. The highest BCUT2D eigenvalue weighted by Gasteiger charge is 2.16. The molecule has 2 heteroatoms. The molecule has 1 N–H and O–H groups in total. The van der Waals surface area contributed by atoms with Crippen molar-refractivity contribution in [2.45, 2.75) is 46.6 Å². The minimum atomic E-state index is 0.552. The molecule has 2 nitrogen and oxygen atoms in total. The SMILES string of the molecule is COc1ccc(C(C)C(C)CNC(C)C)c(C)c1. The van der Waals surface area contributed by atoms with Crippen molar-refractivity contribution < 1.29 is 4.74 Å². The lowest BCUT2D eigenvalue weighted by atomic mass is 9.86. The van der Waals surface area contributed by atoms with E-state index in [2.05, 4.69) is 58.1 Å². The number of aryl methyl sites for hydroxylation is 1. The van der Waals surface area contributed by atoms with Gasteiger partial charge in [-0.2, -0.15) is 0 Å². The van der Waals surface area contributed by atoms with Crippen LogP contribution in [0.15, 0.2) is 18.2 Å². The number of benzene rings is 1. The van der Waals surface area contributed by atoms with E-state index in [0.717, 1.165) is 12.3 Å². The molecule has 0 spiro atoms. The zero-order valence-corrected chi connectivity index (χ0v) is 12.6. The first kappa shape index (κ1) is 15.0. The first-order valence-electron chi connectivity index (χ1n) is 6.83. The maximum absolute atomic E-state index is 5.26.